The van der Waals surface area contributed by atoms with Crippen LogP contribution in [0.2, 0.25) is 0 Å². The van der Waals surface area contributed by atoms with Crippen LogP contribution in [0.5, 0.6) is 5.75 Å². The van der Waals surface area contributed by atoms with Gasteiger partial charge in [0.15, 0.2) is 56.9 Å². The van der Waals surface area contributed by atoms with E-state index in [2.05, 4.69) is 0 Å². The molecule has 0 spiro atoms. The number of ether oxygens (including phenoxy) is 18. The van der Waals surface area contributed by atoms with Crippen LogP contribution in [0.15, 0.2) is 42.5 Å². The third-order valence-electron chi connectivity index (χ3n) is 19.2. The van der Waals surface area contributed by atoms with Gasteiger partial charge in [0.2, 0.25) is 0 Å². The number of aliphatic hydroxyl groups is 23. The fraction of sp³-hybridized carbons (Fsp3) is 0.817. The van der Waals surface area contributed by atoms with Gasteiger partial charge in [0.25, 0.3) is 0 Å². The van der Waals surface area contributed by atoms with Gasteiger partial charge in [-0.3, -0.25) is 0 Å². The molecule has 40 atom stereocenters. The fourth-order valence-electron chi connectivity index (χ4n) is 13.5. The van der Waals surface area contributed by atoms with Gasteiger partial charge in [-0.05, 0) is 22.9 Å². The van der Waals surface area contributed by atoms with E-state index in [0.29, 0.717) is 0 Å². The number of carbonyl (C=O) groups excluding carboxylic acids is 1. The second-order valence-electron chi connectivity index (χ2n) is 25.8. The van der Waals surface area contributed by atoms with E-state index in [9.17, 15) is 122 Å². The molecule has 42 heteroatoms. The van der Waals surface area contributed by atoms with Gasteiger partial charge in [-0.1, -0.05) is 30.3 Å². The Morgan fingerprint density at radius 1 is 0.275 bits per heavy atom. The fourth-order valence-corrected chi connectivity index (χ4v) is 13.5. The molecule has 0 aliphatic carbocycles. The highest BCUT2D eigenvalue weighted by Gasteiger charge is 2.60. The first-order chi connectivity index (χ1) is 48.8. The number of aliphatic hydroxyl groups excluding tert-OH is 23. The first-order valence-electron chi connectivity index (χ1n) is 32.7. The van der Waals surface area contributed by atoms with Crippen LogP contribution in [0.3, 0.4) is 0 Å². The van der Waals surface area contributed by atoms with Crippen molar-refractivity contribution in [2.24, 2.45) is 0 Å². The van der Waals surface area contributed by atoms with Crippen molar-refractivity contribution in [2.75, 3.05) is 59.5 Å². The summed E-state index contributed by atoms with van der Waals surface area (Å²) in [7, 11) is 0. The molecule has 32 rings (SSSR count). The van der Waals surface area contributed by atoms with Crippen molar-refractivity contribution in [3.05, 3.63) is 42.5 Å². The Bertz CT molecular complexity index is 2950. The summed E-state index contributed by atoms with van der Waals surface area (Å²) < 4.78 is 104. The average Bonchev–Trinajstić information content (AvgIpc) is 0.775. The standard InChI is InChI=1S/C60H88O42/c61-8-20-45-29(69)37(77)53(87-20)96-46-21(9-62)89-55(39(79)31(46)71)98-48-23(11-64)91-57(41(81)33(48)73)100-50-25(13-66)93-59(43(83)35(50)75)102-52-27(15-86-28(68)16-85-19-6-5-17-3-1-2-4-18(17)7-19)94-60(44(84)36(52)76)101-51-26(14-67)92-58(42(82)34(51)74)99-49-24(12-65)90-56(40(80)32(49)72)97-47-22(10-63)88-54(95-45)38(78)30(47)70/h1-7,20-27,29-67,69-84H,8-16H2/t20-,21-,22-,23-,24-,25-,26-,27-,29-,30-,31-,32-,33-,34-,35-,36-,37-,38-,39-,40-,41-,42-,43-,44-,45-,46-,47-,48-,49-,50-,51-,52-,53-,54-,55-,56-,57-,58-,59-,60-/m1/s1. The summed E-state index contributed by atoms with van der Waals surface area (Å²) >= 11 is 0. The van der Waals surface area contributed by atoms with E-state index in [1.807, 2.05) is 12.1 Å². The highest BCUT2D eigenvalue weighted by molar-refractivity contribution is 5.83. The SMILES string of the molecule is O=C(COc1ccc2ccccc2c1)OC[C@H]1O[C@@H]2O[C@H]3[C@H](O)[C@@H](O)[C@@H](O[C@H]4[C@H](O)[C@@H](O)[C@@H](O[C@H]5[C@H](O)[C@@H](O)[C@@H](O[C@H]6[C@H](O)[C@@H](O)[C@@H](O[C@H]7[C@H](O)[C@@H](O)[C@@H](O[C@H]8[C@H](O)[C@@H](O)[C@@H](O[C@H]9[C@H](O)[C@@H](O)[C@@H](O[C@H]1[C@H](O)[C@H]2O)O[C@@H]9CO)O[C@@H]8CO)O[C@@H]7CO)O[C@@H]6CO)O[C@@H]5CO)O[C@@H]4CO)O[C@@H]3CO. The molecule has 30 heterocycles. The third-order valence-corrected chi connectivity index (χ3v) is 19.2. The number of esters is 1. The molecule has 102 heavy (non-hydrogen) atoms. The number of rotatable bonds is 12. The van der Waals surface area contributed by atoms with Crippen LogP contribution >= 0.6 is 0 Å². The van der Waals surface area contributed by atoms with Crippen molar-refractivity contribution < 1.29 is 208 Å². The van der Waals surface area contributed by atoms with Gasteiger partial charge >= 0.3 is 5.97 Å². The lowest BCUT2D eigenvalue weighted by Crippen LogP contribution is -2.69. The number of hydrogen-bond acceptors (Lipinski definition) is 42. The Balaban J connectivity index is 0.861. The Morgan fingerprint density at radius 2 is 0.490 bits per heavy atom. The molecule has 580 valence electrons. The van der Waals surface area contributed by atoms with Crippen LogP contribution in [0.1, 0.15) is 0 Å². The van der Waals surface area contributed by atoms with Crippen molar-refractivity contribution in [2.45, 2.75) is 246 Å². The van der Waals surface area contributed by atoms with E-state index in [4.69, 9.17) is 85.3 Å². The number of benzene rings is 2. The van der Waals surface area contributed by atoms with Gasteiger partial charge in [0, 0.05) is 0 Å². The van der Waals surface area contributed by atoms with Crippen molar-refractivity contribution >= 4 is 16.7 Å². The van der Waals surface area contributed by atoms with Crippen LogP contribution in [0.4, 0.5) is 0 Å². The average molecular weight is 1480 g/mol. The van der Waals surface area contributed by atoms with Crippen LogP contribution < -0.4 is 4.74 Å². The highest BCUT2D eigenvalue weighted by Crippen LogP contribution is 2.40. The third kappa shape index (κ3) is 16.2. The van der Waals surface area contributed by atoms with Crippen LogP contribution in [-0.4, -0.2) is 429 Å². The molecule has 16 bridgehead atoms. The van der Waals surface area contributed by atoms with Gasteiger partial charge in [0.05, 0.1) is 46.2 Å². The van der Waals surface area contributed by atoms with E-state index < -0.39 is 311 Å². The quantitative estimate of drug-likeness (QED) is 0.0878. The molecule has 30 saturated heterocycles. The number of carbonyl (C=O) groups is 1. The lowest BCUT2D eigenvalue weighted by Gasteiger charge is -2.50. The summed E-state index contributed by atoms with van der Waals surface area (Å²) in [4.78, 5) is 13.4. The first-order valence-corrected chi connectivity index (χ1v) is 32.7. The summed E-state index contributed by atoms with van der Waals surface area (Å²) in [6.45, 7) is -9.45. The molecule has 23 N–H and O–H groups in total. The molecule has 42 nitrogen and oxygen atoms in total. The Kier molecular flexibility index (Phi) is 26.7. The minimum absolute atomic E-state index is 0.235. The van der Waals surface area contributed by atoms with Gasteiger partial charge in [-0.2, -0.15) is 0 Å². The van der Waals surface area contributed by atoms with E-state index in [1.54, 1.807) is 30.3 Å². The molecule has 30 aliphatic heterocycles. The van der Waals surface area contributed by atoms with E-state index in [0.717, 1.165) is 10.8 Å². The minimum Gasteiger partial charge on any atom is -0.482 e. The molecule has 30 fully saturated rings. The van der Waals surface area contributed by atoms with E-state index in [1.165, 1.54) is 0 Å². The Labute approximate surface area is 576 Å². The molecule has 0 radical (unpaired) electrons. The topological polar surface area (TPSA) is 649 Å². The van der Waals surface area contributed by atoms with Gasteiger partial charge in [-0.25, -0.2) is 4.79 Å². The zero-order valence-electron chi connectivity index (χ0n) is 53.5. The van der Waals surface area contributed by atoms with E-state index in [-0.39, 0.29) is 5.75 Å². The maximum Gasteiger partial charge on any atom is 0.344 e. The highest BCUT2D eigenvalue weighted by atomic mass is 16.8. The second-order valence-corrected chi connectivity index (χ2v) is 25.8. The summed E-state index contributed by atoms with van der Waals surface area (Å²) in [5.74, 6) is -0.842. The molecule has 0 amide bonds. The van der Waals surface area contributed by atoms with Gasteiger partial charge in [0.1, 0.15) is 208 Å². The number of hydrogen-bond donors (Lipinski definition) is 23. The summed E-state index contributed by atoms with van der Waals surface area (Å²) in [6.07, 6.45) is -83.8. The molecule has 2 aromatic carbocycles. The zero-order chi connectivity index (χ0) is 73.4. The predicted molar refractivity (Wildman–Crippen MR) is 314 cm³/mol. The maximum absolute atomic E-state index is 13.4. The van der Waals surface area contributed by atoms with E-state index >= 15 is 0 Å². The maximum atomic E-state index is 13.4. The molecule has 2 aromatic rings. The lowest BCUT2D eigenvalue weighted by atomic mass is 9.94. The van der Waals surface area contributed by atoms with Gasteiger partial charge in [-0.15, -0.1) is 0 Å². The normalized spacial score (nSPS) is 49.3. The molecule has 30 aliphatic rings. The van der Waals surface area contributed by atoms with Crippen LogP contribution in [0.25, 0.3) is 10.8 Å². The summed E-state index contributed by atoms with van der Waals surface area (Å²) in [6, 6.07) is 12.1. The van der Waals surface area contributed by atoms with Crippen LogP contribution in [-0.2, 0) is 85.3 Å². The predicted octanol–water partition coefficient (Wildman–Crippen LogP) is -14.6. The van der Waals surface area contributed by atoms with Gasteiger partial charge < -0.3 is 203 Å². The molecule has 0 saturated carbocycles. The smallest absolute Gasteiger partial charge is 0.344 e. The second kappa shape index (κ2) is 34.3. The van der Waals surface area contributed by atoms with Crippen LogP contribution in [0, 0.1) is 0 Å². The summed E-state index contributed by atoms with van der Waals surface area (Å²) in [5, 5.41) is 260. The number of fused-ring (bicyclic) bond motifs is 1. The largest absolute Gasteiger partial charge is 0.482 e. The molecule has 0 unspecified atom stereocenters. The molecular weight excluding hydrogens is 1390 g/mol. The monoisotopic (exact) mass is 1480 g/mol. The molecule has 0 aromatic heterocycles. The first kappa shape index (κ1) is 79.5. The van der Waals surface area contributed by atoms with Crippen molar-refractivity contribution in [3.63, 3.8) is 0 Å². The van der Waals surface area contributed by atoms with Crippen molar-refractivity contribution in [1.29, 1.82) is 0 Å². The Hall–Kier alpha value is -3.59. The minimum atomic E-state index is -2.34. The van der Waals surface area contributed by atoms with Crippen molar-refractivity contribution in [3.8, 4) is 5.75 Å². The van der Waals surface area contributed by atoms with Crippen molar-refractivity contribution in [1.82, 2.24) is 0 Å². The Morgan fingerprint density at radius 3 is 0.725 bits per heavy atom. The lowest BCUT2D eigenvalue weighted by molar-refractivity contribution is -0.404. The molecular formula is C60H88O42. The summed E-state index contributed by atoms with van der Waals surface area (Å²) in [5.41, 5.74) is 0. The zero-order valence-corrected chi connectivity index (χ0v) is 53.5.